The van der Waals surface area contributed by atoms with Crippen LogP contribution in [0.3, 0.4) is 0 Å². The maximum Gasteiger partial charge on any atom is 0.291 e. The van der Waals surface area contributed by atoms with Crippen molar-refractivity contribution in [3.05, 3.63) is 28.3 Å². The van der Waals surface area contributed by atoms with E-state index >= 15 is 0 Å². The number of nitrogens with one attached hydrogen (secondary N) is 1. The summed E-state index contributed by atoms with van der Waals surface area (Å²) in [5.41, 5.74) is 5.12. The fraction of sp³-hybridized carbons (Fsp3) is 0.500. The topological polar surface area (TPSA) is 115 Å². The van der Waals surface area contributed by atoms with Gasteiger partial charge in [0.1, 0.15) is 0 Å². The van der Waals surface area contributed by atoms with E-state index in [1.54, 1.807) is 0 Å². The molecule has 0 aliphatic heterocycles. The Hall–Kier alpha value is -1.67. The zero-order chi connectivity index (χ0) is 14.8. The Morgan fingerprint density at radius 1 is 1.35 bits per heavy atom. The molecule has 7 nitrogen and oxygen atoms in total. The minimum Gasteiger partial charge on any atom is -0.399 e. The van der Waals surface area contributed by atoms with Crippen LogP contribution in [0.15, 0.2) is 23.1 Å². The van der Waals surface area contributed by atoms with Gasteiger partial charge in [-0.3, -0.25) is 10.1 Å². The van der Waals surface area contributed by atoms with Gasteiger partial charge in [0, 0.05) is 18.3 Å². The molecule has 1 aliphatic carbocycles. The van der Waals surface area contributed by atoms with E-state index in [4.69, 9.17) is 5.73 Å². The highest BCUT2D eigenvalue weighted by Crippen LogP contribution is 2.27. The molecule has 20 heavy (non-hydrogen) atoms. The first-order valence-electron chi connectivity index (χ1n) is 6.44. The number of sulfonamides is 1. The summed E-state index contributed by atoms with van der Waals surface area (Å²) < 4.78 is 26.8. The molecule has 0 amide bonds. The van der Waals surface area contributed by atoms with Gasteiger partial charge in [0.05, 0.1) is 4.92 Å². The lowest BCUT2D eigenvalue weighted by Crippen LogP contribution is -2.29. The monoisotopic (exact) mass is 299 g/mol. The van der Waals surface area contributed by atoms with Crippen molar-refractivity contribution in [3.8, 4) is 0 Å². The second-order valence-corrected chi connectivity index (χ2v) is 6.72. The first kappa shape index (κ1) is 14.7. The van der Waals surface area contributed by atoms with E-state index in [1.807, 2.05) is 0 Å². The summed E-state index contributed by atoms with van der Waals surface area (Å²) in [5, 5.41) is 10.9. The van der Waals surface area contributed by atoms with Crippen LogP contribution >= 0.6 is 0 Å². The average Bonchev–Trinajstić information content (AvgIpc) is 2.89. The van der Waals surface area contributed by atoms with Crippen molar-refractivity contribution in [2.24, 2.45) is 5.92 Å². The van der Waals surface area contributed by atoms with Gasteiger partial charge in [-0.05, 0) is 30.9 Å². The Bertz CT molecular complexity index is 609. The molecule has 1 aliphatic rings. The maximum absolute atomic E-state index is 12.2. The zero-order valence-corrected chi connectivity index (χ0v) is 11.7. The predicted molar refractivity (Wildman–Crippen MR) is 74.7 cm³/mol. The highest BCUT2D eigenvalue weighted by Gasteiger charge is 2.27. The molecular formula is C12H17N3O4S. The summed E-state index contributed by atoms with van der Waals surface area (Å²) in [6.45, 7) is 0.323. The lowest BCUT2D eigenvalue weighted by molar-refractivity contribution is -0.387. The molecule has 3 N–H and O–H groups in total. The molecule has 2 rings (SSSR count). The summed E-state index contributed by atoms with van der Waals surface area (Å²) in [7, 11) is -3.89. The fourth-order valence-corrected chi connectivity index (χ4v) is 3.69. The van der Waals surface area contributed by atoms with E-state index in [0.717, 1.165) is 31.7 Å². The van der Waals surface area contributed by atoms with E-state index < -0.39 is 20.6 Å². The second-order valence-electron chi connectivity index (χ2n) is 4.99. The third kappa shape index (κ3) is 3.26. The number of benzene rings is 1. The summed E-state index contributed by atoms with van der Waals surface area (Å²) in [5.74, 6) is 0.317. The summed E-state index contributed by atoms with van der Waals surface area (Å²) in [6.07, 6.45) is 4.20. The lowest BCUT2D eigenvalue weighted by Gasteiger charge is -2.11. The van der Waals surface area contributed by atoms with Crippen LogP contribution in [-0.2, 0) is 10.0 Å². The minimum atomic E-state index is -3.89. The van der Waals surface area contributed by atoms with Gasteiger partial charge in [-0.2, -0.15) is 0 Å². The van der Waals surface area contributed by atoms with Gasteiger partial charge in [0.25, 0.3) is 5.69 Å². The van der Waals surface area contributed by atoms with Crippen molar-refractivity contribution in [2.45, 2.75) is 30.6 Å². The first-order chi connectivity index (χ1) is 9.40. The number of nitrogen functional groups attached to an aromatic ring is 1. The SMILES string of the molecule is Nc1ccc(S(=O)(=O)NCC2CCCC2)c([N+](=O)[O-])c1. The number of nitro benzene ring substituents is 1. The predicted octanol–water partition coefficient (Wildman–Crippen LogP) is 1.65. The van der Waals surface area contributed by atoms with Gasteiger partial charge >= 0.3 is 0 Å². The molecule has 0 bridgehead atoms. The Balaban J connectivity index is 2.22. The highest BCUT2D eigenvalue weighted by molar-refractivity contribution is 7.89. The molecule has 0 aromatic heterocycles. The minimum absolute atomic E-state index is 0.159. The maximum atomic E-state index is 12.2. The molecule has 1 fully saturated rings. The third-order valence-electron chi connectivity index (χ3n) is 3.51. The highest BCUT2D eigenvalue weighted by atomic mass is 32.2. The van der Waals surface area contributed by atoms with Crippen LogP contribution in [-0.4, -0.2) is 19.9 Å². The summed E-state index contributed by atoms with van der Waals surface area (Å²) in [4.78, 5) is 9.87. The summed E-state index contributed by atoms with van der Waals surface area (Å²) in [6, 6.07) is 3.58. The molecule has 0 spiro atoms. The van der Waals surface area contributed by atoms with Gasteiger partial charge in [-0.15, -0.1) is 0 Å². The molecule has 0 saturated heterocycles. The molecule has 1 aromatic carbocycles. The summed E-state index contributed by atoms with van der Waals surface area (Å²) >= 11 is 0. The molecule has 1 saturated carbocycles. The quantitative estimate of drug-likeness (QED) is 0.487. The number of nitrogens with zero attached hydrogens (tertiary/aromatic N) is 1. The molecule has 0 unspecified atom stereocenters. The van der Waals surface area contributed by atoms with Crippen LogP contribution in [0.5, 0.6) is 0 Å². The zero-order valence-electron chi connectivity index (χ0n) is 10.9. The van der Waals surface area contributed by atoms with Crippen LogP contribution in [0, 0.1) is 16.0 Å². The molecule has 0 radical (unpaired) electrons. The second kappa shape index (κ2) is 5.76. The molecule has 8 heteroatoms. The van der Waals surface area contributed by atoms with Gasteiger partial charge in [0.2, 0.25) is 10.0 Å². The van der Waals surface area contributed by atoms with Gasteiger partial charge < -0.3 is 5.73 Å². The normalized spacial score (nSPS) is 16.4. The van der Waals surface area contributed by atoms with E-state index in [0.29, 0.717) is 12.5 Å². The third-order valence-corrected chi connectivity index (χ3v) is 4.98. The van der Waals surface area contributed by atoms with Crippen molar-refractivity contribution < 1.29 is 13.3 Å². The van der Waals surface area contributed by atoms with Crippen molar-refractivity contribution in [1.82, 2.24) is 4.72 Å². The number of nitrogens with two attached hydrogens (primary N) is 1. The van der Waals surface area contributed by atoms with Crippen LogP contribution in [0.4, 0.5) is 11.4 Å². The molecule has 1 aromatic rings. The molecular weight excluding hydrogens is 282 g/mol. The smallest absolute Gasteiger partial charge is 0.291 e. The van der Waals surface area contributed by atoms with Gasteiger partial charge in [-0.25, -0.2) is 13.1 Å². The lowest BCUT2D eigenvalue weighted by atomic mass is 10.1. The van der Waals surface area contributed by atoms with Crippen LogP contribution in [0.1, 0.15) is 25.7 Å². The van der Waals surface area contributed by atoms with Gasteiger partial charge in [0.15, 0.2) is 4.90 Å². The largest absolute Gasteiger partial charge is 0.399 e. The number of hydrogen-bond donors (Lipinski definition) is 2. The number of anilines is 1. The molecule has 0 heterocycles. The van der Waals surface area contributed by atoms with Crippen molar-refractivity contribution in [1.29, 1.82) is 0 Å². The van der Waals surface area contributed by atoms with Crippen LogP contribution in [0.2, 0.25) is 0 Å². The van der Waals surface area contributed by atoms with E-state index in [1.165, 1.54) is 12.1 Å². The Labute approximate surface area is 117 Å². The number of hydrogen-bond acceptors (Lipinski definition) is 5. The van der Waals surface area contributed by atoms with E-state index in [2.05, 4.69) is 4.72 Å². The number of rotatable bonds is 5. The van der Waals surface area contributed by atoms with Crippen molar-refractivity contribution in [3.63, 3.8) is 0 Å². The van der Waals surface area contributed by atoms with Crippen LogP contribution < -0.4 is 10.5 Å². The van der Waals surface area contributed by atoms with Crippen LogP contribution in [0.25, 0.3) is 0 Å². The molecule has 110 valence electrons. The molecule has 0 atom stereocenters. The Morgan fingerprint density at radius 3 is 2.60 bits per heavy atom. The average molecular weight is 299 g/mol. The standard InChI is InChI=1S/C12H17N3O4S/c13-10-5-6-12(11(7-10)15(16)17)20(18,19)14-8-9-3-1-2-4-9/h5-7,9,14H,1-4,8,13H2. The number of nitro groups is 1. The first-order valence-corrected chi connectivity index (χ1v) is 7.92. The van der Waals surface area contributed by atoms with E-state index in [9.17, 15) is 18.5 Å². The van der Waals surface area contributed by atoms with E-state index in [-0.39, 0.29) is 10.6 Å². The Morgan fingerprint density at radius 2 is 2.00 bits per heavy atom. The van der Waals surface area contributed by atoms with Gasteiger partial charge in [-0.1, -0.05) is 12.8 Å². The van der Waals surface area contributed by atoms with Crippen molar-refractivity contribution >= 4 is 21.4 Å². The fourth-order valence-electron chi connectivity index (χ4n) is 2.42. The van der Waals surface area contributed by atoms with Crippen molar-refractivity contribution in [2.75, 3.05) is 12.3 Å². The Kier molecular flexibility index (Phi) is 4.24.